The zero-order valence-corrected chi connectivity index (χ0v) is 9.48. The molecule has 1 atom stereocenters. The van der Waals surface area contributed by atoms with Crippen molar-refractivity contribution in [3.8, 4) is 0 Å². The van der Waals surface area contributed by atoms with Gasteiger partial charge in [-0.1, -0.05) is 0 Å². The fourth-order valence-electron chi connectivity index (χ4n) is 2.02. The second kappa shape index (κ2) is 4.33. The number of hydrogen-bond donors (Lipinski definition) is 1. The Labute approximate surface area is 90.5 Å². The van der Waals surface area contributed by atoms with Gasteiger partial charge in [0.05, 0.1) is 12.6 Å². The monoisotopic (exact) mass is 209 g/mol. The van der Waals surface area contributed by atoms with Gasteiger partial charge in [0.2, 0.25) is 0 Å². The molecule has 0 radical (unpaired) electrons. The summed E-state index contributed by atoms with van der Waals surface area (Å²) in [6.45, 7) is 1.73. The lowest BCUT2D eigenvalue weighted by Crippen LogP contribution is -2.26. The summed E-state index contributed by atoms with van der Waals surface area (Å²) in [5.74, 6) is 1.11. The Morgan fingerprint density at radius 2 is 2.40 bits per heavy atom. The molecule has 0 aliphatic carbocycles. The first-order valence-electron chi connectivity index (χ1n) is 5.53. The number of rotatable bonds is 3. The van der Waals surface area contributed by atoms with E-state index in [1.807, 2.05) is 6.20 Å². The lowest BCUT2D eigenvalue weighted by molar-refractivity contribution is 0.130. The van der Waals surface area contributed by atoms with E-state index in [0.717, 1.165) is 38.2 Å². The molecule has 1 aliphatic heterocycles. The molecule has 0 aromatic carbocycles. The average Bonchev–Trinajstić information content (AvgIpc) is 2.57. The van der Waals surface area contributed by atoms with Crippen LogP contribution < -0.4 is 0 Å². The minimum Gasteiger partial charge on any atom is -0.391 e. The molecule has 4 heteroatoms. The highest BCUT2D eigenvalue weighted by Gasteiger charge is 2.19. The van der Waals surface area contributed by atoms with Crippen molar-refractivity contribution in [2.24, 2.45) is 0 Å². The predicted octanol–water partition coefficient (Wildman–Crippen LogP) is 0.294. The molecule has 2 rings (SSSR count). The Balaban J connectivity index is 2.09. The molecule has 2 heterocycles. The number of fused-ring (bicyclic) bond motifs is 1. The second-order valence-corrected chi connectivity index (χ2v) is 4.52. The van der Waals surface area contributed by atoms with Crippen LogP contribution in [0.25, 0.3) is 0 Å². The van der Waals surface area contributed by atoms with Crippen LogP contribution in [0.2, 0.25) is 0 Å². The molecular formula is C11H19N3O. The number of aromatic nitrogens is 2. The van der Waals surface area contributed by atoms with E-state index in [1.165, 1.54) is 5.69 Å². The Kier molecular flexibility index (Phi) is 3.07. The van der Waals surface area contributed by atoms with Crippen LogP contribution in [-0.2, 0) is 19.4 Å². The summed E-state index contributed by atoms with van der Waals surface area (Å²) in [6, 6.07) is 0. The summed E-state index contributed by atoms with van der Waals surface area (Å²) in [4.78, 5) is 6.58. The molecule has 0 bridgehead atoms. The molecule has 0 fully saturated rings. The van der Waals surface area contributed by atoms with Crippen molar-refractivity contribution in [1.82, 2.24) is 14.5 Å². The Hall–Kier alpha value is -0.870. The van der Waals surface area contributed by atoms with Crippen molar-refractivity contribution in [3.63, 3.8) is 0 Å². The average molecular weight is 209 g/mol. The number of aliphatic hydroxyl groups excluding tert-OH is 1. The molecule has 0 spiro atoms. The number of hydrogen-bond acceptors (Lipinski definition) is 3. The van der Waals surface area contributed by atoms with Gasteiger partial charge in [0, 0.05) is 24.9 Å². The number of aryl methyl sites for hydroxylation is 1. The van der Waals surface area contributed by atoms with Gasteiger partial charge in [-0.2, -0.15) is 0 Å². The highest BCUT2D eigenvalue weighted by Crippen LogP contribution is 2.17. The smallest absolute Gasteiger partial charge is 0.110 e. The normalized spacial score (nSPS) is 20.7. The van der Waals surface area contributed by atoms with E-state index < -0.39 is 0 Å². The highest BCUT2D eigenvalue weighted by atomic mass is 16.3. The number of aliphatic hydroxyl groups is 1. The third-order valence-electron chi connectivity index (χ3n) is 2.93. The van der Waals surface area contributed by atoms with Gasteiger partial charge >= 0.3 is 0 Å². The quantitative estimate of drug-likeness (QED) is 0.778. The van der Waals surface area contributed by atoms with Crippen molar-refractivity contribution in [2.45, 2.75) is 31.9 Å². The minimum absolute atomic E-state index is 0.190. The summed E-state index contributed by atoms with van der Waals surface area (Å²) in [5.41, 5.74) is 1.27. The van der Waals surface area contributed by atoms with Crippen molar-refractivity contribution < 1.29 is 5.11 Å². The third-order valence-corrected chi connectivity index (χ3v) is 2.93. The first-order valence-corrected chi connectivity index (χ1v) is 5.53. The molecule has 0 saturated heterocycles. The number of imidazole rings is 1. The maximum Gasteiger partial charge on any atom is 0.110 e. The molecule has 15 heavy (non-hydrogen) atoms. The summed E-state index contributed by atoms with van der Waals surface area (Å²) in [6.07, 6.45) is 4.55. The maximum absolute atomic E-state index is 9.62. The van der Waals surface area contributed by atoms with Gasteiger partial charge in [-0.25, -0.2) is 4.98 Å². The molecule has 1 unspecified atom stereocenters. The number of likely N-dealkylation sites (N-methyl/N-ethyl adjacent to an activating group) is 1. The summed E-state index contributed by atoms with van der Waals surface area (Å²) in [7, 11) is 4.13. The van der Waals surface area contributed by atoms with Crippen molar-refractivity contribution >= 4 is 0 Å². The highest BCUT2D eigenvalue weighted by molar-refractivity contribution is 5.09. The lowest BCUT2D eigenvalue weighted by atomic mass is 10.1. The zero-order chi connectivity index (χ0) is 10.8. The molecule has 84 valence electrons. The van der Waals surface area contributed by atoms with Gasteiger partial charge in [-0.15, -0.1) is 0 Å². The van der Waals surface area contributed by atoms with E-state index in [2.05, 4.69) is 28.5 Å². The van der Waals surface area contributed by atoms with E-state index in [9.17, 15) is 5.11 Å². The van der Waals surface area contributed by atoms with Crippen LogP contribution in [-0.4, -0.2) is 46.3 Å². The Morgan fingerprint density at radius 1 is 1.60 bits per heavy atom. The lowest BCUT2D eigenvalue weighted by Gasteiger charge is -2.21. The SMILES string of the molecule is CN(C)CCc1ncc2n1CC(O)CC2. The van der Waals surface area contributed by atoms with Crippen molar-refractivity contribution in [1.29, 1.82) is 0 Å². The van der Waals surface area contributed by atoms with E-state index in [-0.39, 0.29) is 6.10 Å². The summed E-state index contributed by atoms with van der Waals surface area (Å²) >= 11 is 0. The molecule has 1 aromatic rings. The summed E-state index contributed by atoms with van der Waals surface area (Å²) < 4.78 is 2.18. The van der Waals surface area contributed by atoms with Crippen LogP contribution in [0.15, 0.2) is 6.20 Å². The molecule has 4 nitrogen and oxygen atoms in total. The molecule has 1 N–H and O–H groups in total. The third kappa shape index (κ3) is 2.38. The molecule has 1 aliphatic rings. The summed E-state index contributed by atoms with van der Waals surface area (Å²) in [5, 5.41) is 9.62. The minimum atomic E-state index is -0.190. The first-order chi connectivity index (χ1) is 7.16. The molecule has 0 amide bonds. The topological polar surface area (TPSA) is 41.3 Å². The largest absolute Gasteiger partial charge is 0.391 e. The first kappa shape index (κ1) is 10.6. The number of nitrogens with zero attached hydrogens (tertiary/aromatic N) is 3. The fraction of sp³-hybridized carbons (Fsp3) is 0.727. The van der Waals surface area contributed by atoms with Crippen molar-refractivity contribution in [3.05, 3.63) is 17.7 Å². The van der Waals surface area contributed by atoms with E-state index in [1.54, 1.807) is 0 Å². The van der Waals surface area contributed by atoms with Crippen molar-refractivity contribution in [2.75, 3.05) is 20.6 Å². The van der Waals surface area contributed by atoms with E-state index in [0.29, 0.717) is 0 Å². The predicted molar refractivity (Wildman–Crippen MR) is 58.8 cm³/mol. The van der Waals surface area contributed by atoms with Gasteiger partial charge < -0.3 is 14.6 Å². The van der Waals surface area contributed by atoms with Gasteiger partial charge in [-0.3, -0.25) is 0 Å². The molecule has 0 saturated carbocycles. The van der Waals surface area contributed by atoms with E-state index in [4.69, 9.17) is 0 Å². The van der Waals surface area contributed by atoms with Crippen LogP contribution in [0.3, 0.4) is 0 Å². The van der Waals surface area contributed by atoms with Crippen LogP contribution in [0.1, 0.15) is 17.9 Å². The van der Waals surface area contributed by atoms with Crippen LogP contribution >= 0.6 is 0 Å². The van der Waals surface area contributed by atoms with Gasteiger partial charge in [-0.05, 0) is 26.9 Å². The molecular weight excluding hydrogens is 190 g/mol. The zero-order valence-electron chi connectivity index (χ0n) is 9.48. The van der Waals surface area contributed by atoms with Gasteiger partial charge in [0.25, 0.3) is 0 Å². The van der Waals surface area contributed by atoms with Gasteiger partial charge in [0.15, 0.2) is 0 Å². The van der Waals surface area contributed by atoms with Crippen LogP contribution in [0.4, 0.5) is 0 Å². The van der Waals surface area contributed by atoms with Gasteiger partial charge in [0.1, 0.15) is 5.82 Å². The second-order valence-electron chi connectivity index (χ2n) is 4.52. The van der Waals surface area contributed by atoms with E-state index >= 15 is 0 Å². The fourth-order valence-corrected chi connectivity index (χ4v) is 2.02. The standard InChI is InChI=1S/C11H19N3O/c1-13(2)6-5-11-12-7-9-3-4-10(15)8-14(9)11/h7,10,15H,3-6,8H2,1-2H3. The molecule has 1 aromatic heterocycles. The Bertz CT molecular complexity index is 333. The Morgan fingerprint density at radius 3 is 3.13 bits per heavy atom. The maximum atomic E-state index is 9.62. The van der Waals surface area contributed by atoms with Crippen LogP contribution in [0, 0.1) is 0 Å². The van der Waals surface area contributed by atoms with Crippen LogP contribution in [0.5, 0.6) is 0 Å².